The van der Waals surface area contributed by atoms with Crippen molar-refractivity contribution in [2.75, 3.05) is 0 Å². The molecule has 0 fully saturated rings. The minimum atomic E-state index is -0.430. The van der Waals surface area contributed by atoms with Crippen LogP contribution in [0.2, 0.25) is 0 Å². The molecule has 2 aromatic carbocycles. The van der Waals surface area contributed by atoms with Crippen molar-refractivity contribution in [1.29, 1.82) is 5.26 Å². The van der Waals surface area contributed by atoms with E-state index in [4.69, 9.17) is 0 Å². The second-order valence-electron chi connectivity index (χ2n) is 4.46. The molecule has 102 valence electrons. The van der Waals surface area contributed by atoms with Gasteiger partial charge in [0.05, 0.1) is 5.52 Å². The van der Waals surface area contributed by atoms with Crippen LogP contribution in [0.1, 0.15) is 5.69 Å². The van der Waals surface area contributed by atoms with E-state index in [9.17, 15) is 14.0 Å². The number of halogens is 3. The fourth-order valence-electron chi connectivity index (χ4n) is 2.13. The molecule has 0 unspecified atom stereocenters. The molecule has 0 saturated heterocycles. The van der Waals surface area contributed by atoms with Gasteiger partial charge in [-0.05, 0) is 45.8 Å². The van der Waals surface area contributed by atoms with Crippen LogP contribution in [-0.2, 0) is 0 Å². The van der Waals surface area contributed by atoms with E-state index in [1.54, 1.807) is 18.2 Å². The van der Waals surface area contributed by atoms with E-state index in [1.165, 1.54) is 24.3 Å². The van der Waals surface area contributed by atoms with Gasteiger partial charge in [0.2, 0.25) is 0 Å². The quantitative estimate of drug-likeness (QED) is 0.634. The number of pyridine rings is 1. The fourth-order valence-corrected chi connectivity index (χ4v) is 2.67. The first-order chi connectivity index (χ1) is 10.1. The first-order valence-corrected chi connectivity index (χ1v) is 6.83. The Hall–Kier alpha value is -2.32. The van der Waals surface area contributed by atoms with Crippen molar-refractivity contribution in [2.45, 2.75) is 0 Å². The summed E-state index contributed by atoms with van der Waals surface area (Å²) in [6.07, 6.45) is 0. The van der Waals surface area contributed by atoms with Crippen LogP contribution in [0, 0.1) is 23.0 Å². The van der Waals surface area contributed by atoms with Gasteiger partial charge in [0.15, 0.2) is 0 Å². The minimum Gasteiger partial charge on any atom is -0.236 e. The molecule has 5 heteroatoms. The highest BCUT2D eigenvalue weighted by Gasteiger charge is 2.12. The highest BCUT2D eigenvalue weighted by molar-refractivity contribution is 9.10. The number of hydrogen-bond donors (Lipinski definition) is 0. The summed E-state index contributed by atoms with van der Waals surface area (Å²) < 4.78 is 27.0. The maximum Gasteiger partial charge on any atom is 0.149 e. The smallest absolute Gasteiger partial charge is 0.149 e. The zero-order valence-electron chi connectivity index (χ0n) is 10.6. The summed E-state index contributed by atoms with van der Waals surface area (Å²) in [4.78, 5) is 4.19. The summed E-state index contributed by atoms with van der Waals surface area (Å²) in [6.45, 7) is 0. The van der Waals surface area contributed by atoms with Gasteiger partial charge in [0.1, 0.15) is 23.4 Å². The van der Waals surface area contributed by atoms with Crippen molar-refractivity contribution in [3.05, 3.63) is 64.3 Å². The van der Waals surface area contributed by atoms with Crippen LogP contribution >= 0.6 is 15.9 Å². The molecule has 0 amide bonds. The highest BCUT2D eigenvalue weighted by atomic mass is 79.9. The summed E-state index contributed by atoms with van der Waals surface area (Å²) in [7, 11) is 0. The Morgan fingerprint density at radius 3 is 2.38 bits per heavy atom. The molecule has 0 radical (unpaired) electrons. The number of rotatable bonds is 1. The van der Waals surface area contributed by atoms with Crippen molar-refractivity contribution in [1.82, 2.24) is 4.98 Å². The first kappa shape index (κ1) is 13.7. The summed E-state index contributed by atoms with van der Waals surface area (Å²) in [5, 5.41) is 9.93. The molecule has 0 aliphatic carbocycles. The lowest BCUT2D eigenvalue weighted by molar-refractivity contribution is 0.627. The Balaban J connectivity index is 2.32. The maximum absolute atomic E-state index is 13.4. The molecule has 3 rings (SSSR count). The molecular weight excluding hydrogens is 338 g/mol. The van der Waals surface area contributed by atoms with Crippen molar-refractivity contribution in [2.24, 2.45) is 0 Å². The molecule has 0 N–H and O–H groups in total. The average Bonchev–Trinajstić information content (AvgIpc) is 2.47. The predicted octanol–water partition coefficient (Wildman–Crippen LogP) is 4.81. The van der Waals surface area contributed by atoms with E-state index in [2.05, 4.69) is 20.9 Å². The third kappa shape index (κ3) is 2.50. The summed E-state index contributed by atoms with van der Waals surface area (Å²) in [5.41, 5.74) is 1.83. The molecule has 2 nitrogen and oxygen atoms in total. The van der Waals surface area contributed by atoms with Crippen molar-refractivity contribution >= 4 is 26.8 Å². The SMILES string of the molecule is N#Cc1nc2cc(F)cc(Br)c2cc1-c1ccc(F)cc1. The zero-order valence-corrected chi connectivity index (χ0v) is 12.2. The minimum absolute atomic E-state index is 0.173. The van der Waals surface area contributed by atoms with Crippen molar-refractivity contribution in [3.8, 4) is 17.2 Å². The topological polar surface area (TPSA) is 36.7 Å². The molecule has 1 heterocycles. The van der Waals surface area contributed by atoms with Crippen LogP contribution in [-0.4, -0.2) is 4.98 Å². The number of hydrogen-bond acceptors (Lipinski definition) is 2. The average molecular weight is 345 g/mol. The van der Waals surface area contributed by atoms with Gasteiger partial charge in [0.25, 0.3) is 0 Å². The second-order valence-corrected chi connectivity index (χ2v) is 5.31. The molecule has 0 atom stereocenters. The lowest BCUT2D eigenvalue weighted by Gasteiger charge is -2.08. The molecule has 0 bridgehead atoms. The fraction of sp³-hybridized carbons (Fsp3) is 0. The molecule has 0 spiro atoms. The lowest BCUT2D eigenvalue weighted by Crippen LogP contribution is -1.92. The Labute approximate surface area is 127 Å². The molecule has 3 aromatic rings. The molecule has 0 aliphatic heterocycles. The predicted molar refractivity (Wildman–Crippen MR) is 79.5 cm³/mol. The van der Waals surface area contributed by atoms with E-state index in [1.807, 2.05) is 6.07 Å². The van der Waals surface area contributed by atoms with Crippen LogP contribution in [0.25, 0.3) is 22.0 Å². The van der Waals surface area contributed by atoms with E-state index in [0.717, 1.165) is 0 Å². The summed E-state index contributed by atoms with van der Waals surface area (Å²) in [5.74, 6) is -0.783. The lowest BCUT2D eigenvalue weighted by atomic mass is 10.0. The third-order valence-electron chi connectivity index (χ3n) is 3.11. The van der Waals surface area contributed by atoms with E-state index in [-0.39, 0.29) is 11.5 Å². The summed E-state index contributed by atoms with van der Waals surface area (Å²) in [6, 6.07) is 12.2. The van der Waals surface area contributed by atoms with Crippen LogP contribution in [0.3, 0.4) is 0 Å². The summed E-state index contributed by atoms with van der Waals surface area (Å²) >= 11 is 3.29. The van der Waals surface area contributed by atoms with Gasteiger partial charge in [-0.1, -0.05) is 12.1 Å². The molecular formula is C16H7BrF2N2. The molecule has 0 aliphatic rings. The van der Waals surface area contributed by atoms with Crippen LogP contribution in [0.5, 0.6) is 0 Å². The third-order valence-corrected chi connectivity index (χ3v) is 3.77. The Bertz CT molecular complexity index is 883. The molecule has 21 heavy (non-hydrogen) atoms. The van der Waals surface area contributed by atoms with Gasteiger partial charge >= 0.3 is 0 Å². The molecule has 0 saturated carbocycles. The number of nitriles is 1. The highest BCUT2D eigenvalue weighted by Crippen LogP contribution is 2.31. The van der Waals surface area contributed by atoms with Gasteiger partial charge in [-0.3, -0.25) is 0 Å². The van der Waals surface area contributed by atoms with E-state index in [0.29, 0.717) is 26.5 Å². The zero-order chi connectivity index (χ0) is 15.0. The van der Waals surface area contributed by atoms with Gasteiger partial charge < -0.3 is 0 Å². The largest absolute Gasteiger partial charge is 0.236 e. The molecule has 1 aromatic heterocycles. The Morgan fingerprint density at radius 1 is 1.00 bits per heavy atom. The second kappa shape index (κ2) is 5.23. The van der Waals surface area contributed by atoms with Gasteiger partial charge in [0, 0.05) is 21.5 Å². The van der Waals surface area contributed by atoms with Gasteiger partial charge in [-0.15, -0.1) is 0 Å². The van der Waals surface area contributed by atoms with Crippen molar-refractivity contribution < 1.29 is 8.78 Å². The van der Waals surface area contributed by atoms with Gasteiger partial charge in [-0.2, -0.15) is 5.26 Å². The van der Waals surface area contributed by atoms with E-state index < -0.39 is 5.82 Å². The first-order valence-electron chi connectivity index (χ1n) is 6.04. The van der Waals surface area contributed by atoms with Gasteiger partial charge in [-0.25, -0.2) is 13.8 Å². The monoisotopic (exact) mass is 344 g/mol. The number of nitrogens with zero attached hydrogens (tertiary/aromatic N) is 2. The van der Waals surface area contributed by atoms with E-state index >= 15 is 0 Å². The van der Waals surface area contributed by atoms with Crippen LogP contribution in [0.15, 0.2) is 46.9 Å². The van der Waals surface area contributed by atoms with Crippen LogP contribution in [0.4, 0.5) is 8.78 Å². The number of fused-ring (bicyclic) bond motifs is 1. The maximum atomic E-state index is 13.4. The Morgan fingerprint density at radius 2 is 1.71 bits per heavy atom. The standard InChI is InChI=1S/C16H7BrF2N2/c17-14-5-11(19)6-15-13(14)7-12(16(8-20)21-15)9-1-3-10(18)4-2-9/h1-7H. The Kier molecular flexibility index (Phi) is 3.40. The number of benzene rings is 2. The number of aromatic nitrogens is 1. The van der Waals surface area contributed by atoms with Crippen molar-refractivity contribution in [3.63, 3.8) is 0 Å². The van der Waals surface area contributed by atoms with Crippen LogP contribution < -0.4 is 0 Å². The normalized spacial score (nSPS) is 10.6.